The van der Waals surface area contributed by atoms with E-state index in [0.29, 0.717) is 31.7 Å². The van der Waals surface area contributed by atoms with E-state index < -0.39 is 0 Å². The summed E-state index contributed by atoms with van der Waals surface area (Å²) in [5, 5.41) is 10.8. The Morgan fingerprint density at radius 1 is 1.47 bits per heavy atom. The smallest absolute Gasteiger partial charge is 0.315 e. The molecule has 0 aliphatic heterocycles. The zero-order valence-electron chi connectivity index (χ0n) is 9.77. The van der Waals surface area contributed by atoms with Crippen LogP contribution < -0.4 is 5.32 Å². The van der Waals surface area contributed by atoms with Crippen molar-refractivity contribution in [2.45, 2.75) is 27.0 Å². The molecule has 0 fully saturated rings. The number of anilines is 1. The Bertz CT molecular complexity index is 468. The Morgan fingerprint density at radius 3 is 3.06 bits per heavy atom. The minimum Gasteiger partial charge on any atom is -0.406 e. The van der Waals surface area contributed by atoms with Crippen LogP contribution in [0.4, 0.5) is 6.01 Å². The van der Waals surface area contributed by atoms with E-state index in [1.165, 1.54) is 0 Å². The molecule has 17 heavy (non-hydrogen) atoms. The van der Waals surface area contributed by atoms with Gasteiger partial charge in [-0.15, -0.1) is 16.4 Å². The Labute approximate surface area is 103 Å². The number of nitrogens with one attached hydrogen (secondary N) is 1. The highest BCUT2D eigenvalue weighted by atomic mass is 32.1. The van der Waals surface area contributed by atoms with Gasteiger partial charge in [-0.1, -0.05) is 5.10 Å². The minimum atomic E-state index is 0.352. The highest BCUT2D eigenvalue weighted by Crippen LogP contribution is 2.14. The highest BCUT2D eigenvalue weighted by molar-refractivity contribution is 7.09. The van der Waals surface area contributed by atoms with Crippen molar-refractivity contribution in [2.24, 2.45) is 0 Å². The number of hydrogen-bond acceptors (Lipinski definition) is 7. The summed E-state index contributed by atoms with van der Waals surface area (Å²) in [5.74, 6) is 0.482. The lowest BCUT2D eigenvalue weighted by Gasteiger charge is -1.98. The van der Waals surface area contributed by atoms with Gasteiger partial charge in [-0.3, -0.25) is 0 Å². The van der Waals surface area contributed by atoms with Gasteiger partial charge in [-0.2, -0.15) is 0 Å². The first kappa shape index (κ1) is 12.0. The molecule has 0 aliphatic rings. The molecule has 0 saturated carbocycles. The van der Waals surface area contributed by atoms with Crippen molar-refractivity contribution in [3.63, 3.8) is 0 Å². The third-order valence-electron chi connectivity index (χ3n) is 2.14. The van der Waals surface area contributed by atoms with Crippen molar-refractivity contribution in [1.29, 1.82) is 0 Å². The fourth-order valence-electron chi connectivity index (χ4n) is 1.22. The molecule has 2 rings (SSSR count). The van der Waals surface area contributed by atoms with E-state index in [4.69, 9.17) is 9.15 Å². The topological polar surface area (TPSA) is 73.1 Å². The SMILES string of the molecule is CCOCc1nnc(NCc2scnc2C)o1. The average Bonchev–Trinajstić information content (AvgIpc) is 2.93. The maximum absolute atomic E-state index is 5.35. The van der Waals surface area contributed by atoms with E-state index in [0.717, 1.165) is 10.6 Å². The second-order valence-corrected chi connectivity index (χ2v) is 4.29. The van der Waals surface area contributed by atoms with Gasteiger partial charge in [0.1, 0.15) is 6.61 Å². The molecule has 2 aromatic rings. The Kier molecular flexibility index (Phi) is 4.05. The van der Waals surface area contributed by atoms with Crippen LogP contribution in [0.25, 0.3) is 0 Å². The van der Waals surface area contributed by atoms with E-state index in [1.807, 2.05) is 19.4 Å². The summed E-state index contributed by atoms with van der Waals surface area (Å²) in [6.45, 7) is 5.52. The van der Waals surface area contributed by atoms with Crippen LogP contribution in [0.2, 0.25) is 0 Å². The zero-order chi connectivity index (χ0) is 12.1. The van der Waals surface area contributed by atoms with Crippen molar-refractivity contribution in [1.82, 2.24) is 15.2 Å². The molecule has 0 bridgehead atoms. The third-order valence-corrected chi connectivity index (χ3v) is 3.08. The number of ether oxygens (including phenoxy) is 1. The van der Waals surface area contributed by atoms with Crippen LogP contribution >= 0.6 is 11.3 Å². The van der Waals surface area contributed by atoms with E-state index in [9.17, 15) is 0 Å². The largest absolute Gasteiger partial charge is 0.406 e. The summed E-state index contributed by atoms with van der Waals surface area (Å²) in [6, 6.07) is 0.410. The molecule has 2 aromatic heterocycles. The summed E-state index contributed by atoms with van der Waals surface area (Å²) in [7, 11) is 0. The first-order valence-corrected chi connectivity index (χ1v) is 6.20. The molecule has 0 spiro atoms. The van der Waals surface area contributed by atoms with Crippen LogP contribution in [0.3, 0.4) is 0 Å². The predicted octanol–water partition coefficient (Wildman–Crippen LogP) is 1.98. The van der Waals surface area contributed by atoms with Gasteiger partial charge in [-0.25, -0.2) is 4.98 Å². The lowest BCUT2D eigenvalue weighted by atomic mass is 10.4. The van der Waals surface area contributed by atoms with Crippen molar-refractivity contribution in [3.05, 3.63) is 22.0 Å². The zero-order valence-corrected chi connectivity index (χ0v) is 10.6. The van der Waals surface area contributed by atoms with Gasteiger partial charge >= 0.3 is 6.01 Å². The van der Waals surface area contributed by atoms with Crippen LogP contribution in [-0.2, 0) is 17.9 Å². The maximum atomic E-state index is 5.35. The van der Waals surface area contributed by atoms with Gasteiger partial charge in [0.05, 0.1) is 17.7 Å². The Balaban J connectivity index is 1.87. The normalized spacial score (nSPS) is 10.7. The number of hydrogen-bond donors (Lipinski definition) is 1. The first-order chi connectivity index (χ1) is 8.29. The molecule has 2 heterocycles. The van der Waals surface area contributed by atoms with Gasteiger partial charge in [0.15, 0.2) is 0 Å². The second-order valence-electron chi connectivity index (χ2n) is 3.35. The monoisotopic (exact) mass is 254 g/mol. The average molecular weight is 254 g/mol. The van der Waals surface area contributed by atoms with Gasteiger partial charge in [-0.05, 0) is 13.8 Å². The lowest BCUT2D eigenvalue weighted by Crippen LogP contribution is -1.99. The summed E-state index contributed by atoms with van der Waals surface area (Å²) in [6.07, 6.45) is 0. The van der Waals surface area contributed by atoms with Crippen LogP contribution in [0.1, 0.15) is 23.4 Å². The Morgan fingerprint density at radius 2 is 2.35 bits per heavy atom. The molecule has 0 unspecified atom stereocenters. The minimum absolute atomic E-state index is 0.352. The predicted molar refractivity (Wildman–Crippen MR) is 63.8 cm³/mol. The van der Waals surface area contributed by atoms with Crippen molar-refractivity contribution < 1.29 is 9.15 Å². The van der Waals surface area contributed by atoms with E-state index in [1.54, 1.807) is 11.3 Å². The standard InChI is InChI=1S/C10H14N4O2S/c1-3-15-5-9-13-14-10(16-9)11-4-8-7(2)12-6-17-8/h6H,3-5H2,1-2H3,(H,11,14). The molecule has 0 saturated heterocycles. The summed E-state index contributed by atoms with van der Waals surface area (Å²) in [5.41, 5.74) is 2.84. The molecular formula is C10H14N4O2S. The maximum Gasteiger partial charge on any atom is 0.315 e. The third kappa shape index (κ3) is 3.24. The summed E-state index contributed by atoms with van der Waals surface area (Å²) in [4.78, 5) is 5.33. The molecule has 7 heteroatoms. The number of nitrogens with zero attached hydrogens (tertiary/aromatic N) is 3. The second kappa shape index (κ2) is 5.74. The van der Waals surface area contributed by atoms with Gasteiger partial charge in [0, 0.05) is 11.5 Å². The Hall–Kier alpha value is -1.47. The fraction of sp³-hybridized carbons (Fsp3) is 0.500. The highest BCUT2D eigenvalue weighted by Gasteiger charge is 2.07. The summed E-state index contributed by atoms with van der Waals surface area (Å²) < 4.78 is 10.5. The molecule has 92 valence electrons. The van der Waals surface area contributed by atoms with E-state index >= 15 is 0 Å². The van der Waals surface area contributed by atoms with Crippen LogP contribution in [0, 0.1) is 6.92 Å². The van der Waals surface area contributed by atoms with Gasteiger partial charge in [0.2, 0.25) is 5.89 Å². The lowest BCUT2D eigenvalue weighted by molar-refractivity contribution is 0.115. The number of rotatable bonds is 6. The quantitative estimate of drug-likeness (QED) is 0.849. The molecule has 0 aliphatic carbocycles. The first-order valence-electron chi connectivity index (χ1n) is 5.32. The molecule has 1 N–H and O–H groups in total. The van der Waals surface area contributed by atoms with Gasteiger partial charge in [0.25, 0.3) is 0 Å². The molecule has 0 radical (unpaired) electrons. The molecule has 6 nitrogen and oxygen atoms in total. The van der Waals surface area contributed by atoms with E-state index in [2.05, 4.69) is 20.5 Å². The summed E-state index contributed by atoms with van der Waals surface area (Å²) >= 11 is 1.60. The van der Waals surface area contributed by atoms with Crippen LogP contribution in [0.15, 0.2) is 9.93 Å². The number of aromatic nitrogens is 3. The van der Waals surface area contributed by atoms with Crippen molar-refractivity contribution in [3.8, 4) is 0 Å². The van der Waals surface area contributed by atoms with E-state index in [-0.39, 0.29) is 0 Å². The number of thiazole rings is 1. The van der Waals surface area contributed by atoms with Crippen LogP contribution in [0.5, 0.6) is 0 Å². The number of aryl methyl sites for hydroxylation is 1. The molecule has 0 atom stereocenters. The molecule has 0 amide bonds. The molecule has 0 aromatic carbocycles. The fourth-order valence-corrected chi connectivity index (χ4v) is 1.94. The van der Waals surface area contributed by atoms with Crippen LogP contribution in [-0.4, -0.2) is 21.8 Å². The molecular weight excluding hydrogens is 240 g/mol. The van der Waals surface area contributed by atoms with Crippen molar-refractivity contribution >= 4 is 17.4 Å². The van der Waals surface area contributed by atoms with Gasteiger partial charge < -0.3 is 14.5 Å². The van der Waals surface area contributed by atoms with Crippen molar-refractivity contribution in [2.75, 3.05) is 11.9 Å².